The van der Waals surface area contributed by atoms with E-state index in [0.29, 0.717) is 22.4 Å². The van der Waals surface area contributed by atoms with E-state index in [9.17, 15) is 13.2 Å². The smallest absolute Gasteiger partial charge is 0.242 e. The molecule has 12 heteroatoms. The van der Waals surface area contributed by atoms with Gasteiger partial charge in [0, 0.05) is 19.8 Å². The van der Waals surface area contributed by atoms with Crippen LogP contribution in [-0.4, -0.2) is 53.4 Å². The Morgan fingerprint density at radius 1 is 1.27 bits per heavy atom. The number of furan rings is 1. The van der Waals surface area contributed by atoms with Crippen LogP contribution in [-0.2, 0) is 14.8 Å². The SMILES string of the molecule is Cc1ccc(S(=O)(=O)N(C)C)cc1NC(=O)CSc1nnc(-c2ccoc2C)n1N. The fraction of sp³-hybridized carbons (Fsp3) is 0.278. The number of nitrogens with one attached hydrogen (secondary N) is 1. The third kappa shape index (κ3) is 4.35. The largest absolute Gasteiger partial charge is 0.469 e. The van der Waals surface area contributed by atoms with Gasteiger partial charge in [0.25, 0.3) is 0 Å². The Hall–Kier alpha value is -2.83. The number of aryl methyl sites for hydroxylation is 2. The summed E-state index contributed by atoms with van der Waals surface area (Å²) in [6, 6.07) is 6.33. The Kier molecular flexibility index (Phi) is 6.19. The predicted octanol–water partition coefficient (Wildman–Crippen LogP) is 1.85. The van der Waals surface area contributed by atoms with E-state index < -0.39 is 10.0 Å². The summed E-state index contributed by atoms with van der Waals surface area (Å²) in [5.74, 6) is 6.83. The van der Waals surface area contributed by atoms with Crippen molar-refractivity contribution in [3.05, 3.63) is 41.9 Å². The second-order valence-electron chi connectivity index (χ2n) is 6.67. The Balaban J connectivity index is 1.70. The number of hydrogen-bond acceptors (Lipinski definition) is 8. The lowest BCUT2D eigenvalue weighted by Crippen LogP contribution is -2.23. The molecule has 160 valence electrons. The zero-order chi connectivity index (χ0) is 22.1. The van der Waals surface area contributed by atoms with Crippen molar-refractivity contribution in [2.45, 2.75) is 23.9 Å². The van der Waals surface area contributed by atoms with Crippen molar-refractivity contribution in [2.24, 2.45) is 0 Å². The Morgan fingerprint density at radius 3 is 2.63 bits per heavy atom. The van der Waals surface area contributed by atoms with Gasteiger partial charge in [0.2, 0.25) is 21.1 Å². The molecule has 0 fully saturated rings. The molecule has 2 aromatic heterocycles. The van der Waals surface area contributed by atoms with Crippen molar-refractivity contribution in [1.29, 1.82) is 0 Å². The minimum atomic E-state index is -3.60. The van der Waals surface area contributed by atoms with Gasteiger partial charge in [-0.25, -0.2) is 17.4 Å². The second kappa shape index (κ2) is 8.50. The molecule has 0 bridgehead atoms. The van der Waals surface area contributed by atoms with Crippen LogP contribution in [0.3, 0.4) is 0 Å². The number of nitrogen functional groups attached to an aromatic ring is 1. The molecule has 0 saturated carbocycles. The topological polar surface area (TPSA) is 136 Å². The standard InChI is InChI=1S/C18H22N6O4S2/c1-11-5-6-13(30(26,27)23(3)4)9-15(11)20-16(25)10-29-18-22-21-17(24(18)19)14-7-8-28-12(14)2/h5-9H,10,19H2,1-4H3,(H,20,25). The molecule has 0 aliphatic carbocycles. The number of thioether (sulfide) groups is 1. The van der Waals surface area contributed by atoms with E-state index in [1.54, 1.807) is 26.0 Å². The van der Waals surface area contributed by atoms with Crippen LogP contribution in [0.4, 0.5) is 5.69 Å². The summed E-state index contributed by atoms with van der Waals surface area (Å²) in [5, 5.41) is 11.2. The van der Waals surface area contributed by atoms with Gasteiger partial charge >= 0.3 is 0 Å². The molecule has 2 heterocycles. The summed E-state index contributed by atoms with van der Waals surface area (Å²) < 4.78 is 32.3. The van der Waals surface area contributed by atoms with Gasteiger partial charge in [0.05, 0.1) is 22.5 Å². The molecule has 0 atom stereocenters. The first-order valence-electron chi connectivity index (χ1n) is 8.82. The Labute approximate surface area is 178 Å². The fourth-order valence-corrected chi connectivity index (χ4v) is 4.18. The molecule has 1 amide bonds. The first kappa shape index (κ1) is 21.9. The van der Waals surface area contributed by atoms with Crippen molar-refractivity contribution in [3.8, 4) is 11.4 Å². The number of sulfonamides is 1. The van der Waals surface area contributed by atoms with Gasteiger partial charge in [-0.05, 0) is 37.6 Å². The Morgan fingerprint density at radius 2 is 2.00 bits per heavy atom. The average Bonchev–Trinajstić information content (AvgIpc) is 3.26. The first-order chi connectivity index (χ1) is 14.1. The van der Waals surface area contributed by atoms with Gasteiger partial charge in [-0.15, -0.1) is 10.2 Å². The molecule has 3 rings (SSSR count). The minimum Gasteiger partial charge on any atom is -0.469 e. The number of benzene rings is 1. The summed E-state index contributed by atoms with van der Waals surface area (Å²) in [5.41, 5.74) is 1.88. The molecule has 3 aromatic rings. The number of aromatic nitrogens is 3. The van der Waals surface area contributed by atoms with Gasteiger partial charge in [-0.3, -0.25) is 4.79 Å². The van der Waals surface area contributed by atoms with Crippen molar-refractivity contribution in [3.63, 3.8) is 0 Å². The zero-order valence-electron chi connectivity index (χ0n) is 16.9. The highest BCUT2D eigenvalue weighted by atomic mass is 32.2. The second-order valence-corrected chi connectivity index (χ2v) is 9.76. The molecule has 0 saturated heterocycles. The third-order valence-electron chi connectivity index (χ3n) is 4.36. The normalized spacial score (nSPS) is 11.8. The lowest BCUT2D eigenvalue weighted by atomic mass is 10.2. The fourth-order valence-electron chi connectivity index (χ4n) is 2.60. The average molecular weight is 451 g/mol. The van der Waals surface area contributed by atoms with Crippen molar-refractivity contribution < 1.29 is 17.6 Å². The highest BCUT2D eigenvalue weighted by molar-refractivity contribution is 7.99. The van der Waals surface area contributed by atoms with E-state index in [-0.39, 0.29) is 16.6 Å². The quantitative estimate of drug-likeness (QED) is 0.411. The van der Waals surface area contributed by atoms with Crippen LogP contribution >= 0.6 is 11.8 Å². The van der Waals surface area contributed by atoms with Crippen molar-refractivity contribution in [2.75, 3.05) is 31.0 Å². The number of rotatable bonds is 7. The van der Waals surface area contributed by atoms with E-state index in [0.717, 1.165) is 27.2 Å². The summed E-state index contributed by atoms with van der Waals surface area (Å²) >= 11 is 1.11. The molecule has 0 radical (unpaired) electrons. The van der Waals surface area contributed by atoms with Gasteiger partial charge in [0.15, 0.2) is 5.82 Å². The Bertz CT molecular complexity index is 1180. The lowest BCUT2D eigenvalue weighted by Gasteiger charge is -2.14. The van der Waals surface area contributed by atoms with E-state index in [2.05, 4.69) is 15.5 Å². The van der Waals surface area contributed by atoms with E-state index in [4.69, 9.17) is 10.3 Å². The van der Waals surface area contributed by atoms with Gasteiger partial charge in [0.1, 0.15) is 5.76 Å². The number of carbonyl (C=O) groups is 1. The van der Waals surface area contributed by atoms with Crippen LogP contribution < -0.4 is 11.2 Å². The summed E-state index contributed by atoms with van der Waals surface area (Å²) in [6.07, 6.45) is 1.53. The maximum atomic E-state index is 12.4. The van der Waals surface area contributed by atoms with Crippen LogP contribution in [0.5, 0.6) is 0 Å². The third-order valence-corrected chi connectivity index (χ3v) is 7.11. The molecule has 3 N–H and O–H groups in total. The number of amides is 1. The minimum absolute atomic E-state index is 0.0177. The molecule has 10 nitrogen and oxygen atoms in total. The number of nitrogens with two attached hydrogens (primary N) is 1. The molecule has 1 aromatic carbocycles. The molecule has 0 aliphatic rings. The number of nitrogens with zero attached hydrogens (tertiary/aromatic N) is 4. The number of anilines is 1. The van der Waals surface area contributed by atoms with E-state index in [1.807, 2.05) is 0 Å². The van der Waals surface area contributed by atoms with Crippen LogP contribution in [0, 0.1) is 13.8 Å². The first-order valence-corrected chi connectivity index (χ1v) is 11.2. The van der Waals surface area contributed by atoms with Gasteiger partial charge < -0.3 is 15.6 Å². The highest BCUT2D eigenvalue weighted by Crippen LogP contribution is 2.26. The molecule has 0 aliphatic heterocycles. The van der Waals surface area contributed by atoms with E-state index in [1.165, 1.54) is 37.2 Å². The van der Waals surface area contributed by atoms with Crippen LogP contribution in [0.2, 0.25) is 0 Å². The maximum Gasteiger partial charge on any atom is 0.242 e. The number of hydrogen-bond donors (Lipinski definition) is 2. The molecule has 0 unspecified atom stereocenters. The van der Waals surface area contributed by atoms with E-state index >= 15 is 0 Å². The summed E-state index contributed by atoms with van der Waals surface area (Å²) in [4.78, 5) is 12.5. The lowest BCUT2D eigenvalue weighted by molar-refractivity contribution is -0.113. The van der Waals surface area contributed by atoms with Crippen LogP contribution in [0.15, 0.2) is 45.0 Å². The maximum absolute atomic E-state index is 12.4. The zero-order valence-corrected chi connectivity index (χ0v) is 18.5. The molecule has 30 heavy (non-hydrogen) atoms. The highest BCUT2D eigenvalue weighted by Gasteiger charge is 2.20. The number of carbonyl (C=O) groups excluding carboxylic acids is 1. The predicted molar refractivity (Wildman–Crippen MR) is 114 cm³/mol. The molecule has 0 spiro atoms. The summed E-state index contributed by atoms with van der Waals surface area (Å²) in [7, 11) is -0.703. The van der Waals surface area contributed by atoms with Crippen LogP contribution in [0.1, 0.15) is 11.3 Å². The van der Waals surface area contributed by atoms with Crippen LogP contribution in [0.25, 0.3) is 11.4 Å². The van der Waals surface area contributed by atoms with Gasteiger partial charge in [-0.1, -0.05) is 17.8 Å². The van der Waals surface area contributed by atoms with Crippen molar-refractivity contribution >= 4 is 33.4 Å². The monoisotopic (exact) mass is 450 g/mol. The molecular weight excluding hydrogens is 428 g/mol. The molecular formula is C18H22N6O4S2. The summed E-state index contributed by atoms with van der Waals surface area (Å²) in [6.45, 7) is 3.57. The van der Waals surface area contributed by atoms with Crippen molar-refractivity contribution in [1.82, 2.24) is 19.2 Å². The van der Waals surface area contributed by atoms with Gasteiger partial charge in [-0.2, -0.15) is 0 Å².